The summed E-state index contributed by atoms with van der Waals surface area (Å²) in [6.07, 6.45) is 0. The maximum Gasteiger partial charge on any atom is 0.319 e. The quantitative estimate of drug-likeness (QED) is 0.753. The number of halogens is 2. The van der Waals surface area contributed by atoms with Gasteiger partial charge in [0.25, 0.3) is 0 Å². The van der Waals surface area contributed by atoms with E-state index in [0.29, 0.717) is 28.5 Å². The van der Waals surface area contributed by atoms with Gasteiger partial charge in [0.05, 0.1) is 27.0 Å². The predicted molar refractivity (Wildman–Crippen MR) is 96.1 cm³/mol. The molecule has 0 aliphatic rings. The highest BCUT2D eigenvalue weighted by molar-refractivity contribution is 9.10. The van der Waals surface area contributed by atoms with E-state index >= 15 is 0 Å². The summed E-state index contributed by atoms with van der Waals surface area (Å²) in [5, 5.41) is 5.24. The lowest BCUT2D eigenvalue weighted by atomic mass is 10.2. The van der Waals surface area contributed by atoms with Gasteiger partial charge in [-0.3, -0.25) is 0 Å². The van der Waals surface area contributed by atoms with E-state index in [2.05, 4.69) is 26.6 Å². The number of amides is 2. The van der Waals surface area contributed by atoms with E-state index in [1.54, 1.807) is 24.3 Å². The molecule has 0 unspecified atom stereocenters. The number of carbonyl (C=O) groups excluding carboxylic acids is 1. The van der Waals surface area contributed by atoms with Gasteiger partial charge in [-0.05, 0) is 18.2 Å². The van der Waals surface area contributed by atoms with Gasteiger partial charge in [0, 0.05) is 28.7 Å². The molecule has 0 atom stereocenters. The molecule has 2 rings (SSSR count). The number of anilines is 1. The summed E-state index contributed by atoms with van der Waals surface area (Å²) < 4.78 is 30.1. The summed E-state index contributed by atoms with van der Waals surface area (Å²) in [7, 11) is 4.46. The number of urea groups is 1. The standard InChI is InChI=1S/C17H18BrFN2O4/c1-23-14-7-12(8-15(24-2)16(14)25-3)21-17(22)20-9-10-6-11(18)4-5-13(10)19/h4-8H,9H2,1-3H3,(H2,20,21,22). The first-order chi connectivity index (χ1) is 12.0. The van der Waals surface area contributed by atoms with Gasteiger partial charge in [0.15, 0.2) is 11.5 Å². The summed E-state index contributed by atoms with van der Waals surface area (Å²) in [4.78, 5) is 12.1. The fraction of sp³-hybridized carbons (Fsp3) is 0.235. The first-order valence-electron chi connectivity index (χ1n) is 7.27. The van der Waals surface area contributed by atoms with E-state index in [1.807, 2.05) is 0 Å². The van der Waals surface area contributed by atoms with E-state index in [9.17, 15) is 9.18 Å². The third kappa shape index (κ3) is 4.76. The van der Waals surface area contributed by atoms with Crippen LogP contribution in [0.2, 0.25) is 0 Å². The van der Waals surface area contributed by atoms with Crippen LogP contribution >= 0.6 is 15.9 Å². The largest absolute Gasteiger partial charge is 0.493 e. The van der Waals surface area contributed by atoms with Crippen LogP contribution in [0.25, 0.3) is 0 Å². The molecule has 0 aromatic heterocycles. The Hall–Kier alpha value is -2.48. The van der Waals surface area contributed by atoms with Crippen LogP contribution in [-0.2, 0) is 6.54 Å². The van der Waals surface area contributed by atoms with E-state index < -0.39 is 11.8 Å². The summed E-state index contributed by atoms with van der Waals surface area (Å²) in [5.41, 5.74) is 0.816. The maximum absolute atomic E-state index is 13.7. The fourth-order valence-corrected chi connectivity index (χ4v) is 2.59. The molecular weight excluding hydrogens is 395 g/mol. The highest BCUT2D eigenvalue weighted by Crippen LogP contribution is 2.39. The minimum Gasteiger partial charge on any atom is -0.493 e. The number of benzene rings is 2. The molecule has 0 aliphatic heterocycles. The zero-order chi connectivity index (χ0) is 18.4. The van der Waals surface area contributed by atoms with E-state index in [1.165, 1.54) is 27.4 Å². The number of ether oxygens (including phenoxy) is 3. The second-order valence-electron chi connectivity index (χ2n) is 4.96. The van der Waals surface area contributed by atoms with Gasteiger partial charge in [-0.2, -0.15) is 0 Å². The van der Waals surface area contributed by atoms with Crippen molar-refractivity contribution >= 4 is 27.6 Å². The topological polar surface area (TPSA) is 68.8 Å². The Bertz CT molecular complexity index is 745. The molecule has 0 bridgehead atoms. The monoisotopic (exact) mass is 412 g/mol. The second kappa shape index (κ2) is 8.57. The molecule has 0 radical (unpaired) electrons. The molecule has 6 nitrogen and oxygen atoms in total. The molecule has 2 N–H and O–H groups in total. The molecule has 0 heterocycles. The van der Waals surface area contributed by atoms with Crippen molar-refractivity contribution in [3.05, 3.63) is 46.2 Å². The van der Waals surface area contributed by atoms with Crippen molar-refractivity contribution in [3.8, 4) is 17.2 Å². The Labute approximate surface area is 153 Å². The van der Waals surface area contributed by atoms with E-state index in [0.717, 1.165) is 4.47 Å². The first kappa shape index (κ1) is 18.9. The fourth-order valence-electron chi connectivity index (χ4n) is 2.18. The molecule has 8 heteroatoms. The molecule has 25 heavy (non-hydrogen) atoms. The van der Waals surface area contributed by atoms with Crippen LogP contribution in [0.4, 0.5) is 14.9 Å². The van der Waals surface area contributed by atoms with Gasteiger partial charge in [0.1, 0.15) is 5.82 Å². The molecule has 2 aromatic rings. The Morgan fingerprint density at radius 1 is 1.08 bits per heavy atom. The molecule has 134 valence electrons. The van der Waals surface area contributed by atoms with E-state index in [4.69, 9.17) is 14.2 Å². The number of hydrogen-bond donors (Lipinski definition) is 2. The summed E-state index contributed by atoms with van der Waals surface area (Å²) in [6, 6.07) is 7.23. The van der Waals surface area contributed by atoms with Crippen molar-refractivity contribution in [1.82, 2.24) is 5.32 Å². The maximum atomic E-state index is 13.7. The number of hydrogen-bond acceptors (Lipinski definition) is 4. The molecule has 2 amide bonds. The zero-order valence-corrected chi connectivity index (χ0v) is 15.6. The minimum absolute atomic E-state index is 0.0432. The summed E-state index contributed by atoms with van der Waals surface area (Å²) >= 11 is 3.27. The van der Waals surface area contributed by atoms with Crippen LogP contribution in [-0.4, -0.2) is 27.4 Å². The minimum atomic E-state index is -0.492. The average molecular weight is 413 g/mol. The predicted octanol–water partition coefficient (Wildman–Crippen LogP) is 3.94. The average Bonchev–Trinajstić information content (AvgIpc) is 2.61. The third-order valence-electron chi connectivity index (χ3n) is 3.37. The van der Waals surface area contributed by atoms with Crippen LogP contribution in [0.15, 0.2) is 34.8 Å². The van der Waals surface area contributed by atoms with Crippen molar-refractivity contribution in [2.45, 2.75) is 6.54 Å². The van der Waals surface area contributed by atoms with Crippen molar-refractivity contribution in [3.63, 3.8) is 0 Å². The summed E-state index contributed by atoms with van der Waals surface area (Å²) in [5.74, 6) is 0.855. The van der Waals surface area contributed by atoms with Crippen LogP contribution in [0.1, 0.15) is 5.56 Å². The Kier molecular flexibility index (Phi) is 6.46. The Morgan fingerprint density at radius 2 is 1.72 bits per heavy atom. The number of carbonyl (C=O) groups is 1. The van der Waals surface area contributed by atoms with Gasteiger partial charge in [-0.1, -0.05) is 15.9 Å². The van der Waals surface area contributed by atoms with Crippen LogP contribution in [0, 0.1) is 5.82 Å². The Morgan fingerprint density at radius 3 is 2.28 bits per heavy atom. The highest BCUT2D eigenvalue weighted by Gasteiger charge is 2.14. The molecule has 0 saturated carbocycles. The SMILES string of the molecule is COc1cc(NC(=O)NCc2cc(Br)ccc2F)cc(OC)c1OC. The number of rotatable bonds is 6. The lowest BCUT2D eigenvalue weighted by Crippen LogP contribution is -2.28. The van der Waals surface area contributed by atoms with Gasteiger partial charge in [-0.25, -0.2) is 9.18 Å². The van der Waals surface area contributed by atoms with Crippen LogP contribution in [0.3, 0.4) is 0 Å². The highest BCUT2D eigenvalue weighted by atomic mass is 79.9. The van der Waals surface area contributed by atoms with Crippen molar-refractivity contribution < 1.29 is 23.4 Å². The normalized spacial score (nSPS) is 10.1. The van der Waals surface area contributed by atoms with Crippen molar-refractivity contribution in [1.29, 1.82) is 0 Å². The lowest BCUT2D eigenvalue weighted by molar-refractivity contribution is 0.251. The third-order valence-corrected chi connectivity index (χ3v) is 3.86. The lowest BCUT2D eigenvalue weighted by Gasteiger charge is -2.15. The van der Waals surface area contributed by atoms with Gasteiger partial charge in [-0.15, -0.1) is 0 Å². The molecule has 0 saturated heterocycles. The van der Waals surface area contributed by atoms with Crippen molar-refractivity contribution in [2.24, 2.45) is 0 Å². The second-order valence-corrected chi connectivity index (χ2v) is 5.87. The molecule has 0 fully saturated rings. The Balaban J connectivity index is 2.08. The number of methoxy groups -OCH3 is 3. The zero-order valence-electron chi connectivity index (χ0n) is 14.0. The smallest absolute Gasteiger partial charge is 0.319 e. The van der Waals surface area contributed by atoms with Gasteiger partial charge >= 0.3 is 6.03 Å². The van der Waals surface area contributed by atoms with E-state index in [-0.39, 0.29) is 6.54 Å². The molecule has 0 spiro atoms. The van der Waals surface area contributed by atoms with Crippen LogP contribution < -0.4 is 24.8 Å². The number of nitrogens with one attached hydrogen (secondary N) is 2. The first-order valence-corrected chi connectivity index (χ1v) is 8.06. The van der Waals surface area contributed by atoms with Crippen LogP contribution in [0.5, 0.6) is 17.2 Å². The van der Waals surface area contributed by atoms with Gasteiger partial charge in [0.2, 0.25) is 5.75 Å². The summed E-state index contributed by atoms with van der Waals surface area (Å²) in [6.45, 7) is 0.0432. The van der Waals surface area contributed by atoms with Gasteiger partial charge < -0.3 is 24.8 Å². The molecular formula is C17H18BrFN2O4. The molecule has 0 aliphatic carbocycles. The molecule has 2 aromatic carbocycles. The van der Waals surface area contributed by atoms with Crippen molar-refractivity contribution in [2.75, 3.05) is 26.6 Å².